The van der Waals surface area contributed by atoms with Crippen LogP contribution in [0.25, 0.3) is 20.7 Å². The third-order valence-corrected chi connectivity index (χ3v) is 6.85. The molecule has 0 fully saturated rings. The van der Waals surface area contributed by atoms with E-state index in [0.717, 1.165) is 21.5 Å². The molecule has 1 atom stereocenters. The molecule has 0 radical (unpaired) electrons. The van der Waals surface area contributed by atoms with Gasteiger partial charge in [0.2, 0.25) is 0 Å². The molecule has 0 aliphatic heterocycles. The van der Waals surface area contributed by atoms with Crippen molar-refractivity contribution in [3.8, 4) is 16.2 Å². The summed E-state index contributed by atoms with van der Waals surface area (Å²) in [4.78, 5) is 27.4. The second-order valence-electron chi connectivity index (χ2n) is 7.60. The van der Waals surface area contributed by atoms with Gasteiger partial charge in [0.15, 0.2) is 6.10 Å². The molecular weight excluding hydrogens is 493 g/mol. The first-order chi connectivity index (χ1) is 16.0. The molecule has 2 aromatic carbocycles. The fourth-order valence-electron chi connectivity index (χ4n) is 3.44. The van der Waals surface area contributed by atoms with Crippen LogP contribution < -0.4 is 16.0 Å². The number of aliphatic hydroxyl groups excluding tert-OH is 1. The number of benzene rings is 2. The van der Waals surface area contributed by atoms with Crippen molar-refractivity contribution in [2.45, 2.75) is 32.4 Å². The van der Waals surface area contributed by atoms with E-state index in [4.69, 9.17) is 16.3 Å². The Hall–Kier alpha value is -3.08. The van der Waals surface area contributed by atoms with Crippen molar-refractivity contribution >= 4 is 33.2 Å². The van der Waals surface area contributed by atoms with Gasteiger partial charge in [-0.3, -0.25) is 14.3 Å². The predicted molar refractivity (Wildman–Crippen MR) is 125 cm³/mol. The molecule has 2 aromatic heterocycles. The van der Waals surface area contributed by atoms with E-state index in [0.29, 0.717) is 33.4 Å². The monoisotopic (exact) mass is 510 g/mol. The third kappa shape index (κ3) is 4.89. The van der Waals surface area contributed by atoms with Gasteiger partial charge in [-0.1, -0.05) is 23.7 Å². The van der Waals surface area contributed by atoms with Crippen LogP contribution in [-0.2, 0) is 13.2 Å². The van der Waals surface area contributed by atoms with Gasteiger partial charge in [-0.15, -0.1) is 11.3 Å². The van der Waals surface area contributed by atoms with E-state index < -0.39 is 30.1 Å². The smallest absolute Gasteiger partial charge is 0.416 e. The molecule has 34 heavy (non-hydrogen) atoms. The number of H-pyrrole nitrogens is 1. The largest absolute Gasteiger partial charge is 0.489 e. The number of aliphatic hydroxyl groups is 1. The molecular formula is C23H18ClF3N2O4S. The lowest BCUT2D eigenvalue weighted by molar-refractivity contribution is -0.207. The topological polar surface area (TPSA) is 84.3 Å². The molecule has 178 valence electrons. The summed E-state index contributed by atoms with van der Waals surface area (Å²) in [5, 5.41) is 10.2. The summed E-state index contributed by atoms with van der Waals surface area (Å²) in [6.45, 7) is 0.970. The summed E-state index contributed by atoms with van der Waals surface area (Å²) in [6.07, 6.45) is -7.65. The van der Waals surface area contributed by atoms with Crippen LogP contribution in [0.3, 0.4) is 0 Å². The van der Waals surface area contributed by atoms with Crippen molar-refractivity contribution < 1.29 is 23.0 Å². The fourth-order valence-corrected chi connectivity index (χ4v) is 4.89. The van der Waals surface area contributed by atoms with Crippen molar-refractivity contribution in [3.63, 3.8) is 0 Å². The van der Waals surface area contributed by atoms with Crippen LogP contribution >= 0.6 is 22.9 Å². The Balaban J connectivity index is 1.65. The minimum absolute atomic E-state index is 0.0626. The third-order valence-electron chi connectivity index (χ3n) is 5.23. The minimum Gasteiger partial charge on any atom is -0.489 e. The number of thiophene rings is 1. The number of halogens is 4. The maximum atomic E-state index is 12.9. The Labute approximate surface area is 199 Å². The number of aromatic amines is 1. The minimum atomic E-state index is -4.90. The Bertz CT molecular complexity index is 1440. The first-order valence-electron chi connectivity index (χ1n) is 10.0. The lowest BCUT2D eigenvalue weighted by atomic mass is 10.1. The molecule has 0 saturated heterocycles. The van der Waals surface area contributed by atoms with E-state index in [1.165, 1.54) is 0 Å². The highest BCUT2D eigenvalue weighted by atomic mass is 35.5. The van der Waals surface area contributed by atoms with Crippen LogP contribution in [0.5, 0.6) is 5.75 Å². The van der Waals surface area contributed by atoms with Crippen LogP contribution in [0, 0.1) is 6.92 Å². The number of rotatable bonds is 6. The van der Waals surface area contributed by atoms with Crippen molar-refractivity contribution in [2.24, 2.45) is 0 Å². The number of ether oxygens (including phenoxy) is 1. The first kappa shape index (κ1) is 24.1. The maximum Gasteiger partial charge on any atom is 0.416 e. The second-order valence-corrected chi connectivity index (χ2v) is 9.04. The van der Waals surface area contributed by atoms with Gasteiger partial charge >= 0.3 is 11.9 Å². The van der Waals surface area contributed by atoms with Gasteiger partial charge in [0.25, 0.3) is 5.56 Å². The molecule has 0 aliphatic rings. The number of fused-ring (bicyclic) bond motifs is 1. The molecule has 2 heterocycles. The summed E-state index contributed by atoms with van der Waals surface area (Å²) in [6, 6.07) is 14.2. The highest BCUT2D eigenvalue weighted by molar-refractivity contribution is 7.22. The molecule has 4 aromatic rings. The molecule has 11 heteroatoms. The molecule has 4 rings (SSSR count). The van der Waals surface area contributed by atoms with Crippen LogP contribution in [-0.4, -0.2) is 26.9 Å². The lowest BCUT2D eigenvalue weighted by Gasteiger charge is -2.15. The van der Waals surface area contributed by atoms with Gasteiger partial charge in [-0.2, -0.15) is 13.2 Å². The Morgan fingerprint density at radius 3 is 2.38 bits per heavy atom. The zero-order chi connectivity index (χ0) is 24.6. The van der Waals surface area contributed by atoms with Gasteiger partial charge in [0.05, 0.1) is 11.9 Å². The van der Waals surface area contributed by atoms with Crippen molar-refractivity contribution in [3.05, 3.63) is 85.5 Å². The van der Waals surface area contributed by atoms with Gasteiger partial charge in [-0.25, -0.2) is 4.79 Å². The van der Waals surface area contributed by atoms with E-state index in [9.17, 15) is 27.9 Å². The summed E-state index contributed by atoms with van der Waals surface area (Å²) in [5.74, 6) is 0.598. The molecule has 1 unspecified atom stereocenters. The number of aryl methyl sites for hydroxylation is 1. The molecule has 0 saturated carbocycles. The van der Waals surface area contributed by atoms with Crippen molar-refractivity contribution in [2.75, 3.05) is 0 Å². The van der Waals surface area contributed by atoms with Crippen LogP contribution in [0.2, 0.25) is 5.02 Å². The first-order valence-corrected chi connectivity index (χ1v) is 11.2. The average Bonchev–Trinajstić information content (AvgIpc) is 3.13. The normalized spacial score (nSPS) is 12.8. The highest BCUT2D eigenvalue weighted by Gasteiger charge is 2.39. The molecule has 0 aliphatic carbocycles. The number of hydrogen-bond donors (Lipinski definition) is 2. The average molecular weight is 511 g/mol. The lowest BCUT2D eigenvalue weighted by Crippen LogP contribution is -2.38. The van der Waals surface area contributed by atoms with E-state index in [1.54, 1.807) is 43.3 Å². The fraction of sp³-hybridized carbons (Fsp3) is 0.217. The maximum absolute atomic E-state index is 12.9. The quantitative estimate of drug-likeness (QED) is 0.387. The summed E-state index contributed by atoms with van der Waals surface area (Å²) < 4.78 is 45.1. The number of nitrogens with one attached hydrogen (secondary N) is 1. The Morgan fingerprint density at radius 1 is 1.12 bits per heavy atom. The van der Waals surface area contributed by atoms with Crippen LogP contribution in [0.1, 0.15) is 11.1 Å². The van der Waals surface area contributed by atoms with E-state index in [2.05, 4.69) is 0 Å². The predicted octanol–water partition coefficient (Wildman–Crippen LogP) is 4.88. The Kier molecular flexibility index (Phi) is 6.57. The Morgan fingerprint density at radius 2 is 1.76 bits per heavy atom. The highest BCUT2D eigenvalue weighted by Crippen LogP contribution is 2.37. The van der Waals surface area contributed by atoms with E-state index in [-0.39, 0.29) is 10.2 Å². The molecule has 0 amide bonds. The number of aromatic nitrogens is 2. The second kappa shape index (κ2) is 9.28. The number of nitrogens with zero attached hydrogens (tertiary/aromatic N) is 1. The van der Waals surface area contributed by atoms with Gasteiger partial charge in [0, 0.05) is 9.90 Å². The van der Waals surface area contributed by atoms with Crippen LogP contribution in [0.4, 0.5) is 13.2 Å². The number of hydrogen-bond acceptors (Lipinski definition) is 5. The van der Waals surface area contributed by atoms with Gasteiger partial charge < -0.3 is 9.84 Å². The zero-order valence-corrected chi connectivity index (χ0v) is 19.2. The zero-order valence-electron chi connectivity index (χ0n) is 17.6. The van der Waals surface area contributed by atoms with E-state index in [1.807, 2.05) is 17.1 Å². The van der Waals surface area contributed by atoms with Crippen LogP contribution in [0.15, 0.2) is 58.1 Å². The standard InChI is InChI=1S/C23H18ClF3N2O4S/c1-12-18-20(31)28-22(32)29(10-17(30)23(25,26)27)21(18)34-19(12)14-4-8-16(9-5-14)33-11-13-2-6-15(24)7-3-13/h2-9,17,30H,10-11H2,1H3,(H,28,31,32). The van der Waals surface area contributed by atoms with Gasteiger partial charge in [-0.05, 0) is 60.0 Å². The summed E-state index contributed by atoms with van der Waals surface area (Å²) >= 11 is 6.89. The number of alkyl halides is 3. The molecule has 0 spiro atoms. The molecule has 6 nitrogen and oxygen atoms in total. The van der Waals surface area contributed by atoms with Crippen molar-refractivity contribution in [1.29, 1.82) is 0 Å². The van der Waals surface area contributed by atoms with Crippen molar-refractivity contribution in [1.82, 2.24) is 9.55 Å². The summed E-state index contributed by atoms with van der Waals surface area (Å²) in [5.41, 5.74) is 0.450. The molecule has 0 bridgehead atoms. The summed E-state index contributed by atoms with van der Waals surface area (Å²) in [7, 11) is 0. The van der Waals surface area contributed by atoms with E-state index >= 15 is 0 Å². The van der Waals surface area contributed by atoms with Gasteiger partial charge in [0.1, 0.15) is 17.2 Å². The molecule has 2 N–H and O–H groups in total. The SMILES string of the molecule is Cc1c(-c2ccc(OCc3ccc(Cl)cc3)cc2)sc2c1c(=O)[nH]c(=O)n2CC(O)C(F)(F)F.